The van der Waals surface area contributed by atoms with E-state index in [0.717, 1.165) is 46.9 Å². The first-order chi connectivity index (χ1) is 13.8. The topological polar surface area (TPSA) is 21.3 Å². The Kier molecular flexibility index (Phi) is 5.29. The molecule has 2 aromatic carbocycles. The molecule has 1 unspecified atom stereocenters. The number of para-hydroxylation sites is 1. The second-order valence-corrected chi connectivity index (χ2v) is 7.08. The highest BCUT2D eigenvalue weighted by Crippen LogP contribution is 2.48. The molecule has 0 fully saturated rings. The van der Waals surface area contributed by atoms with Crippen molar-refractivity contribution in [2.24, 2.45) is 0 Å². The normalized spacial score (nSPS) is 17.3. The maximum atomic E-state index is 6.22. The van der Waals surface area contributed by atoms with Gasteiger partial charge in [0.15, 0.2) is 0 Å². The molecular weight excluding hydrogens is 342 g/mol. The van der Waals surface area contributed by atoms with Gasteiger partial charge in [0.2, 0.25) is 0 Å². The van der Waals surface area contributed by atoms with E-state index < -0.39 is 0 Å². The number of allylic oxidation sites excluding steroid dienone is 8. The Bertz CT molecular complexity index is 990. The van der Waals surface area contributed by atoms with Crippen LogP contribution in [-0.4, -0.2) is 0 Å². The van der Waals surface area contributed by atoms with Crippen molar-refractivity contribution >= 4 is 5.69 Å². The second-order valence-electron chi connectivity index (χ2n) is 7.08. The van der Waals surface area contributed by atoms with Gasteiger partial charge >= 0.3 is 0 Å². The molecular formula is C26H25NO. The van der Waals surface area contributed by atoms with E-state index in [0.29, 0.717) is 5.92 Å². The monoisotopic (exact) mass is 367 g/mol. The number of nitrogens with one attached hydrogen (secondary N) is 1. The van der Waals surface area contributed by atoms with Crippen LogP contribution in [0.4, 0.5) is 5.69 Å². The van der Waals surface area contributed by atoms with Gasteiger partial charge < -0.3 is 10.1 Å². The van der Waals surface area contributed by atoms with E-state index >= 15 is 0 Å². The Morgan fingerprint density at radius 1 is 1.18 bits per heavy atom. The van der Waals surface area contributed by atoms with Gasteiger partial charge in [-0.05, 0) is 37.1 Å². The summed E-state index contributed by atoms with van der Waals surface area (Å²) < 4.78 is 6.22. The quantitative estimate of drug-likeness (QED) is 0.549. The number of hydrogen-bond acceptors (Lipinski definition) is 2. The summed E-state index contributed by atoms with van der Waals surface area (Å²) in [6.45, 7) is 6.11. The fraction of sp³-hybridized carbons (Fsp3) is 0.154. The lowest BCUT2D eigenvalue weighted by molar-refractivity contribution is 0.426. The summed E-state index contributed by atoms with van der Waals surface area (Å²) >= 11 is 0. The molecule has 28 heavy (non-hydrogen) atoms. The molecule has 0 spiro atoms. The van der Waals surface area contributed by atoms with E-state index in [1.807, 2.05) is 25.2 Å². The third-order valence-corrected chi connectivity index (χ3v) is 5.07. The van der Waals surface area contributed by atoms with Gasteiger partial charge in [0, 0.05) is 34.9 Å². The predicted octanol–water partition coefficient (Wildman–Crippen LogP) is 7.12. The fourth-order valence-electron chi connectivity index (χ4n) is 3.67. The van der Waals surface area contributed by atoms with Crippen LogP contribution in [0.3, 0.4) is 0 Å². The number of hydrogen-bond donors (Lipinski definition) is 1. The molecule has 2 nitrogen and oxygen atoms in total. The molecule has 1 heterocycles. The summed E-state index contributed by atoms with van der Waals surface area (Å²) in [5.74, 6) is 2.42. The van der Waals surface area contributed by atoms with Gasteiger partial charge in [-0.25, -0.2) is 0 Å². The number of ether oxygens (including phenoxy) is 1. The lowest BCUT2D eigenvalue weighted by atomic mass is 9.90. The SMILES string of the molecule is C=C(C/C=C\C=C/C)Nc1ccc(-c2cccc3c2OC2=CC=CCC23)cc1. The number of fused-ring (bicyclic) bond motifs is 3. The summed E-state index contributed by atoms with van der Waals surface area (Å²) in [5.41, 5.74) is 5.61. The van der Waals surface area contributed by atoms with Gasteiger partial charge in [-0.1, -0.05) is 73.4 Å². The van der Waals surface area contributed by atoms with Crippen LogP contribution in [0.1, 0.15) is 31.2 Å². The van der Waals surface area contributed by atoms with Gasteiger partial charge in [0.05, 0.1) is 0 Å². The summed E-state index contributed by atoms with van der Waals surface area (Å²) in [6, 6.07) is 14.9. The number of rotatable bonds is 6. The minimum atomic E-state index is 0.361. The first-order valence-corrected chi connectivity index (χ1v) is 9.77. The molecule has 1 aliphatic heterocycles. The Hall–Kier alpha value is -3.26. The third kappa shape index (κ3) is 3.72. The highest BCUT2D eigenvalue weighted by Gasteiger charge is 2.31. The third-order valence-electron chi connectivity index (χ3n) is 5.07. The largest absolute Gasteiger partial charge is 0.460 e. The predicted molar refractivity (Wildman–Crippen MR) is 118 cm³/mol. The minimum absolute atomic E-state index is 0.361. The molecule has 0 saturated carbocycles. The van der Waals surface area contributed by atoms with Crippen LogP contribution in [0.5, 0.6) is 5.75 Å². The standard InChI is InChI=1S/C26H25NO/c1-3-4-5-6-10-19(2)27-21-17-15-20(16-18-21)22-12-9-13-24-23-11-7-8-14-25(23)28-26(22)24/h3-9,12-18,23,27H,2,10-11H2,1H3/b4-3-,6-5-. The number of anilines is 1. The zero-order chi connectivity index (χ0) is 19.3. The van der Waals surface area contributed by atoms with Gasteiger partial charge in [0.25, 0.3) is 0 Å². The van der Waals surface area contributed by atoms with Gasteiger partial charge in [0.1, 0.15) is 11.5 Å². The van der Waals surface area contributed by atoms with Crippen molar-refractivity contribution in [3.8, 4) is 16.9 Å². The average Bonchev–Trinajstić information content (AvgIpc) is 3.11. The molecule has 1 aliphatic carbocycles. The van der Waals surface area contributed by atoms with Crippen molar-refractivity contribution in [3.63, 3.8) is 0 Å². The van der Waals surface area contributed by atoms with E-state index in [2.05, 4.69) is 78.7 Å². The maximum absolute atomic E-state index is 6.22. The summed E-state index contributed by atoms with van der Waals surface area (Å²) in [4.78, 5) is 0. The van der Waals surface area contributed by atoms with Crippen LogP contribution in [0, 0.1) is 0 Å². The molecule has 4 rings (SSSR count). The van der Waals surface area contributed by atoms with Gasteiger partial charge in [-0.15, -0.1) is 0 Å². The van der Waals surface area contributed by atoms with Gasteiger partial charge in [-0.2, -0.15) is 0 Å². The zero-order valence-corrected chi connectivity index (χ0v) is 16.2. The second kappa shape index (κ2) is 8.18. The number of benzene rings is 2. The van der Waals surface area contributed by atoms with Crippen LogP contribution >= 0.6 is 0 Å². The van der Waals surface area contributed by atoms with E-state index in [1.54, 1.807) is 0 Å². The molecule has 0 saturated heterocycles. The smallest absolute Gasteiger partial charge is 0.138 e. The summed E-state index contributed by atoms with van der Waals surface area (Å²) in [5, 5.41) is 3.37. The molecule has 1 N–H and O–H groups in total. The van der Waals surface area contributed by atoms with E-state index in [-0.39, 0.29) is 0 Å². The summed E-state index contributed by atoms with van der Waals surface area (Å²) in [6.07, 6.45) is 16.3. The average molecular weight is 367 g/mol. The van der Waals surface area contributed by atoms with Crippen molar-refractivity contribution in [2.75, 3.05) is 5.32 Å². The highest BCUT2D eigenvalue weighted by molar-refractivity contribution is 5.76. The molecule has 1 atom stereocenters. The van der Waals surface area contributed by atoms with Crippen LogP contribution in [-0.2, 0) is 0 Å². The van der Waals surface area contributed by atoms with Crippen LogP contribution < -0.4 is 10.1 Å². The van der Waals surface area contributed by atoms with Crippen molar-refractivity contribution < 1.29 is 4.74 Å². The van der Waals surface area contributed by atoms with E-state index in [9.17, 15) is 0 Å². The fourth-order valence-corrected chi connectivity index (χ4v) is 3.67. The van der Waals surface area contributed by atoms with Crippen LogP contribution in [0.15, 0.2) is 103 Å². The lowest BCUT2D eigenvalue weighted by Gasteiger charge is -2.11. The molecule has 2 aliphatic rings. The Morgan fingerprint density at radius 2 is 2.04 bits per heavy atom. The first-order valence-electron chi connectivity index (χ1n) is 9.77. The molecule has 0 bridgehead atoms. The van der Waals surface area contributed by atoms with Crippen molar-refractivity contribution in [2.45, 2.75) is 25.7 Å². The van der Waals surface area contributed by atoms with Crippen molar-refractivity contribution in [1.29, 1.82) is 0 Å². The maximum Gasteiger partial charge on any atom is 0.138 e. The Morgan fingerprint density at radius 3 is 2.86 bits per heavy atom. The van der Waals surface area contributed by atoms with E-state index in [4.69, 9.17) is 4.74 Å². The lowest BCUT2D eigenvalue weighted by Crippen LogP contribution is -1.99. The molecule has 0 radical (unpaired) electrons. The van der Waals surface area contributed by atoms with Crippen molar-refractivity contribution in [3.05, 3.63) is 109 Å². The zero-order valence-electron chi connectivity index (χ0n) is 16.2. The van der Waals surface area contributed by atoms with Crippen molar-refractivity contribution in [1.82, 2.24) is 0 Å². The van der Waals surface area contributed by atoms with Crippen LogP contribution in [0.2, 0.25) is 0 Å². The first kappa shape index (κ1) is 18.1. The highest BCUT2D eigenvalue weighted by atomic mass is 16.5. The molecule has 0 amide bonds. The van der Waals surface area contributed by atoms with Crippen LogP contribution in [0.25, 0.3) is 11.1 Å². The van der Waals surface area contributed by atoms with E-state index in [1.165, 1.54) is 5.56 Å². The Balaban J connectivity index is 1.50. The molecule has 0 aromatic heterocycles. The molecule has 2 aromatic rings. The minimum Gasteiger partial charge on any atom is -0.460 e. The molecule has 2 heteroatoms. The summed E-state index contributed by atoms with van der Waals surface area (Å²) in [7, 11) is 0. The molecule has 140 valence electrons. The Labute approximate surface area is 167 Å². The van der Waals surface area contributed by atoms with Gasteiger partial charge in [-0.3, -0.25) is 0 Å².